The molecule has 1 saturated carbocycles. The van der Waals surface area contributed by atoms with Gasteiger partial charge in [-0.3, -0.25) is 9.59 Å². The fourth-order valence-corrected chi connectivity index (χ4v) is 3.94. The Kier molecular flexibility index (Phi) is 6.58. The van der Waals surface area contributed by atoms with Crippen molar-refractivity contribution in [2.45, 2.75) is 50.5 Å². The molecule has 0 spiro atoms. The van der Waals surface area contributed by atoms with Gasteiger partial charge in [-0.2, -0.15) is 0 Å². The summed E-state index contributed by atoms with van der Waals surface area (Å²) in [6, 6.07) is 5.64. The molecule has 1 aliphatic heterocycles. The molecule has 1 aromatic rings. The van der Waals surface area contributed by atoms with Crippen LogP contribution in [-0.4, -0.2) is 35.2 Å². The first-order valence-corrected chi connectivity index (χ1v) is 8.88. The van der Waals surface area contributed by atoms with E-state index in [1.54, 1.807) is 4.90 Å². The van der Waals surface area contributed by atoms with E-state index in [1.165, 1.54) is 24.3 Å². The summed E-state index contributed by atoms with van der Waals surface area (Å²) >= 11 is 0. The second-order valence-corrected chi connectivity index (χ2v) is 7.18. The number of nitrogens with two attached hydrogens (primary N) is 1. The molecule has 4 nitrogen and oxygen atoms in total. The van der Waals surface area contributed by atoms with E-state index in [1.807, 2.05) is 0 Å². The Morgan fingerprint density at radius 2 is 1.72 bits per heavy atom. The van der Waals surface area contributed by atoms with E-state index in [0.717, 1.165) is 44.9 Å². The maximum absolute atomic E-state index is 13.0. The van der Waals surface area contributed by atoms with Crippen molar-refractivity contribution in [2.75, 3.05) is 13.1 Å². The SMILES string of the molecule is Cl.NC1(C(=O)N2CCCC(C(=O)c3ccc(F)cc3)C2)CCCCC1. The average Bonchev–Trinajstić information content (AvgIpc) is 2.62. The predicted molar refractivity (Wildman–Crippen MR) is 97.3 cm³/mol. The molecule has 1 unspecified atom stereocenters. The van der Waals surface area contributed by atoms with Gasteiger partial charge in [0.1, 0.15) is 5.82 Å². The third-order valence-corrected chi connectivity index (χ3v) is 5.38. The van der Waals surface area contributed by atoms with Crippen LogP contribution in [0.15, 0.2) is 24.3 Å². The van der Waals surface area contributed by atoms with E-state index in [0.29, 0.717) is 18.7 Å². The number of hydrogen-bond donors (Lipinski definition) is 1. The molecule has 1 aromatic carbocycles. The van der Waals surface area contributed by atoms with Gasteiger partial charge in [-0.25, -0.2) is 4.39 Å². The Morgan fingerprint density at radius 3 is 2.36 bits per heavy atom. The van der Waals surface area contributed by atoms with Gasteiger partial charge >= 0.3 is 0 Å². The summed E-state index contributed by atoms with van der Waals surface area (Å²) in [4.78, 5) is 27.3. The van der Waals surface area contributed by atoms with Gasteiger partial charge in [-0.15, -0.1) is 12.4 Å². The van der Waals surface area contributed by atoms with E-state index in [2.05, 4.69) is 0 Å². The Hall–Kier alpha value is -1.46. The van der Waals surface area contributed by atoms with Gasteiger partial charge in [0, 0.05) is 24.6 Å². The van der Waals surface area contributed by atoms with E-state index in [9.17, 15) is 14.0 Å². The van der Waals surface area contributed by atoms with Gasteiger partial charge in [0.15, 0.2) is 5.78 Å². The number of amides is 1. The highest BCUT2D eigenvalue weighted by Gasteiger charge is 2.40. The van der Waals surface area contributed by atoms with Crippen molar-refractivity contribution in [3.63, 3.8) is 0 Å². The van der Waals surface area contributed by atoms with Gasteiger partial charge in [0.2, 0.25) is 5.91 Å². The maximum Gasteiger partial charge on any atom is 0.242 e. The van der Waals surface area contributed by atoms with Gasteiger partial charge in [0.25, 0.3) is 0 Å². The molecule has 1 atom stereocenters. The zero-order valence-electron chi connectivity index (χ0n) is 14.4. The second-order valence-electron chi connectivity index (χ2n) is 7.18. The van der Waals surface area contributed by atoms with Crippen LogP contribution in [0, 0.1) is 11.7 Å². The lowest BCUT2D eigenvalue weighted by molar-refractivity contribution is -0.139. The number of carbonyl (C=O) groups is 2. The number of Topliss-reactive ketones (excluding diaryl/α,β-unsaturated/α-hetero) is 1. The van der Waals surface area contributed by atoms with Gasteiger partial charge < -0.3 is 10.6 Å². The number of halogens is 2. The number of rotatable bonds is 3. The lowest BCUT2D eigenvalue weighted by atomic mass is 9.80. The first-order chi connectivity index (χ1) is 11.5. The molecule has 6 heteroatoms. The van der Waals surface area contributed by atoms with Crippen LogP contribution < -0.4 is 5.73 Å². The molecule has 0 aromatic heterocycles. The molecule has 0 bridgehead atoms. The molecule has 1 amide bonds. The van der Waals surface area contributed by atoms with Crippen molar-refractivity contribution in [3.8, 4) is 0 Å². The molecule has 1 aliphatic carbocycles. The predicted octanol–water partition coefficient (Wildman–Crippen LogP) is 3.33. The summed E-state index contributed by atoms with van der Waals surface area (Å²) in [5, 5.41) is 0. The topological polar surface area (TPSA) is 63.4 Å². The number of piperidine rings is 1. The molecule has 25 heavy (non-hydrogen) atoms. The number of ketones is 1. The Morgan fingerprint density at radius 1 is 1.08 bits per heavy atom. The second kappa shape index (κ2) is 8.28. The summed E-state index contributed by atoms with van der Waals surface area (Å²) in [7, 11) is 0. The van der Waals surface area contributed by atoms with Crippen molar-refractivity contribution in [3.05, 3.63) is 35.6 Å². The largest absolute Gasteiger partial charge is 0.340 e. The normalized spacial score (nSPS) is 22.8. The average molecular weight is 369 g/mol. The summed E-state index contributed by atoms with van der Waals surface area (Å²) in [6.45, 7) is 1.10. The quantitative estimate of drug-likeness (QED) is 0.832. The number of hydrogen-bond acceptors (Lipinski definition) is 3. The molecule has 1 heterocycles. The van der Waals surface area contributed by atoms with Crippen LogP contribution in [0.4, 0.5) is 4.39 Å². The van der Waals surface area contributed by atoms with Crippen LogP contribution in [0.2, 0.25) is 0 Å². The molecular formula is C19H26ClFN2O2. The zero-order chi connectivity index (χ0) is 17.2. The Labute approximate surface area is 154 Å². The van der Waals surface area contributed by atoms with Crippen LogP contribution in [0.5, 0.6) is 0 Å². The van der Waals surface area contributed by atoms with E-state index in [4.69, 9.17) is 5.73 Å². The highest BCUT2D eigenvalue weighted by molar-refractivity contribution is 5.98. The fraction of sp³-hybridized carbons (Fsp3) is 0.579. The first kappa shape index (κ1) is 19.9. The molecule has 2 aliphatic rings. The third-order valence-electron chi connectivity index (χ3n) is 5.38. The van der Waals surface area contributed by atoms with Gasteiger partial charge in [0.05, 0.1) is 5.54 Å². The van der Waals surface area contributed by atoms with Crippen molar-refractivity contribution in [1.29, 1.82) is 0 Å². The third kappa shape index (κ3) is 4.39. The van der Waals surface area contributed by atoms with Crippen LogP contribution in [0.25, 0.3) is 0 Å². The Bertz CT molecular complexity index is 614. The maximum atomic E-state index is 13.0. The number of nitrogens with zero attached hydrogens (tertiary/aromatic N) is 1. The van der Waals surface area contributed by atoms with Crippen LogP contribution >= 0.6 is 12.4 Å². The van der Waals surface area contributed by atoms with E-state index < -0.39 is 5.54 Å². The standard InChI is InChI=1S/C19H25FN2O2.ClH/c20-16-8-6-14(7-9-16)17(23)15-5-4-12-22(13-15)18(24)19(21)10-2-1-3-11-19;/h6-9,15H,1-5,10-13,21H2;1H. The first-order valence-electron chi connectivity index (χ1n) is 8.88. The highest BCUT2D eigenvalue weighted by atomic mass is 35.5. The molecular weight excluding hydrogens is 343 g/mol. The minimum Gasteiger partial charge on any atom is -0.340 e. The molecule has 138 valence electrons. The number of benzene rings is 1. The molecule has 0 radical (unpaired) electrons. The fourth-order valence-electron chi connectivity index (χ4n) is 3.94. The smallest absolute Gasteiger partial charge is 0.242 e. The summed E-state index contributed by atoms with van der Waals surface area (Å²) in [5.41, 5.74) is 6.12. The lowest BCUT2D eigenvalue weighted by Crippen LogP contribution is -2.58. The molecule has 2 N–H and O–H groups in total. The van der Waals surface area contributed by atoms with Crippen LogP contribution in [0.3, 0.4) is 0 Å². The van der Waals surface area contributed by atoms with E-state index in [-0.39, 0.29) is 35.8 Å². The number of likely N-dealkylation sites (tertiary alicyclic amines) is 1. The lowest BCUT2D eigenvalue weighted by Gasteiger charge is -2.40. The molecule has 1 saturated heterocycles. The summed E-state index contributed by atoms with van der Waals surface area (Å²) in [5.74, 6) is -0.587. The minimum absolute atomic E-state index is 0. The van der Waals surface area contributed by atoms with Crippen molar-refractivity contribution < 1.29 is 14.0 Å². The van der Waals surface area contributed by atoms with Crippen LogP contribution in [0.1, 0.15) is 55.3 Å². The summed E-state index contributed by atoms with van der Waals surface area (Å²) in [6.07, 6.45) is 6.16. The van der Waals surface area contributed by atoms with Gasteiger partial charge in [-0.05, 0) is 49.9 Å². The van der Waals surface area contributed by atoms with Crippen molar-refractivity contribution in [1.82, 2.24) is 4.90 Å². The molecule has 2 fully saturated rings. The van der Waals surface area contributed by atoms with Crippen molar-refractivity contribution in [2.24, 2.45) is 11.7 Å². The number of carbonyl (C=O) groups excluding carboxylic acids is 2. The van der Waals surface area contributed by atoms with Crippen LogP contribution in [-0.2, 0) is 4.79 Å². The highest BCUT2D eigenvalue weighted by Crippen LogP contribution is 2.30. The zero-order valence-corrected chi connectivity index (χ0v) is 15.2. The molecule has 3 rings (SSSR count). The van der Waals surface area contributed by atoms with Crippen molar-refractivity contribution >= 4 is 24.1 Å². The van der Waals surface area contributed by atoms with E-state index >= 15 is 0 Å². The monoisotopic (exact) mass is 368 g/mol. The summed E-state index contributed by atoms with van der Waals surface area (Å²) < 4.78 is 13.0. The van der Waals surface area contributed by atoms with Gasteiger partial charge in [-0.1, -0.05) is 19.3 Å². The minimum atomic E-state index is -0.751. The Balaban J connectivity index is 0.00000225.